The monoisotopic (exact) mass is 206 g/mol. The Morgan fingerprint density at radius 3 is 2.85 bits per heavy atom. The minimum Gasteiger partial charge on any atom is -0.368 e. The number of nitrogens with two attached hydrogens (primary N) is 1. The van der Waals surface area contributed by atoms with Crippen molar-refractivity contribution in [3.8, 4) is 0 Å². The van der Waals surface area contributed by atoms with E-state index >= 15 is 0 Å². The van der Waals surface area contributed by atoms with Gasteiger partial charge in [-0.15, -0.1) is 12.4 Å². The van der Waals surface area contributed by atoms with Crippen molar-refractivity contribution < 1.29 is 4.79 Å². The third-order valence-corrected chi connectivity index (χ3v) is 2.49. The van der Waals surface area contributed by atoms with Crippen molar-refractivity contribution in [2.45, 2.75) is 38.6 Å². The second kappa shape index (κ2) is 6.22. The Morgan fingerprint density at radius 1 is 1.62 bits per heavy atom. The van der Waals surface area contributed by atoms with E-state index in [2.05, 4.69) is 11.8 Å². The largest absolute Gasteiger partial charge is 0.368 e. The van der Waals surface area contributed by atoms with Crippen molar-refractivity contribution in [3.05, 3.63) is 0 Å². The van der Waals surface area contributed by atoms with E-state index in [9.17, 15) is 4.79 Å². The molecule has 0 spiro atoms. The molecule has 1 heterocycles. The maximum Gasteiger partial charge on any atom is 0.234 e. The molecule has 1 fully saturated rings. The summed E-state index contributed by atoms with van der Waals surface area (Å²) in [7, 11) is 0. The topological polar surface area (TPSA) is 46.3 Å². The van der Waals surface area contributed by atoms with Crippen LogP contribution in [0.15, 0.2) is 0 Å². The van der Waals surface area contributed by atoms with E-state index in [-0.39, 0.29) is 24.4 Å². The van der Waals surface area contributed by atoms with Crippen molar-refractivity contribution in [1.29, 1.82) is 0 Å². The number of likely N-dealkylation sites (tertiary alicyclic amines) is 1. The van der Waals surface area contributed by atoms with Gasteiger partial charge in [0.25, 0.3) is 0 Å². The zero-order valence-corrected chi connectivity index (χ0v) is 8.98. The van der Waals surface area contributed by atoms with Gasteiger partial charge in [0.1, 0.15) is 0 Å². The van der Waals surface area contributed by atoms with Crippen LogP contribution in [0.1, 0.15) is 32.6 Å². The lowest BCUT2D eigenvalue weighted by molar-refractivity contribution is -0.122. The molecule has 1 saturated heterocycles. The number of hydrogen-bond acceptors (Lipinski definition) is 2. The van der Waals surface area contributed by atoms with Gasteiger partial charge in [-0.25, -0.2) is 0 Å². The van der Waals surface area contributed by atoms with Crippen LogP contribution in [0.5, 0.6) is 0 Å². The van der Waals surface area contributed by atoms with Crippen LogP contribution in [0.4, 0.5) is 0 Å². The van der Waals surface area contributed by atoms with Crippen LogP contribution >= 0.6 is 12.4 Å². The molecule has 78 valence electrons. The Balaban J connectivity index is 0.00000144. The minimum atomic E-state index is -0.149. The number of carbonyl (C=O) groups excluding carboxylic acids is 1. The third-order valence-electron chi connectivity index (χ3n) is 2.49. The molecule has 0 aromatic carbocycles. The van der Waals surface area contributed by atoms with E-state index in [1.807, 2.05) is 0 Å². The molecule has 0 unspecified atom stereocenters. The molecule has 0 saturated carbocycles. The predicted molar refractivity (Wildman–Crippen MR) is 55.9 cm³/mol. The number of carbonyl (C=O) groups is 1. The number of halogens is 1. The maximum absolute atomic E-state index is 11.0. The van der Waals surface area contributed by atoms with Crippen LogP contribution < -0.4 is 5.73 Å². The van der Waals surface area contributed by atoms with Gasteiger partial charge in [0.15, 0.2) is 0 Å². The molecule has 1 rings (SSSR count). The van der Waals surface area contributed by atoms with Gasteiger partial charge >= 0.3 is 0 Å². The zero-order valence-electron chi connectivity index (χ0n) is 8.16. The van der Waals surface area contributed by atoms with Gasteiger partial charge in [-0.1, -0.05) is 13.3 Å². The Labute approximate surface area is 86.1 Å². The lowest BCUT2D eigenvalue weighted by Gasteiger charge is -2.20. The maximum atomic E-state index is 11.0. The lowest BCUT2D eigenvalue weighted by atomic mass is 10.2. The second-order valence-electron chi connectivity index (χ2n) is 3.45. The summed E-state index contributed by atoms with van der Waals surface area (Å²) in [5.41, 5.74) is 5.28. The molecule has 0 aromatic rings. The summed E-state index contributed by atoms with van der Waals surface area (Å²) in [5, 5.41) is 0. The summed E-state index contributed by atoms with van der Waals surface area (Å²) in [4.78, 5) is 13.2. The highest BCUT2D eigenvalue weighted by Crippen LogP contribution is 2.16. The van der Waals surface area contributed by atoms with Gasteiger partial charge in [0.2, 0.25) is 5.91 Å². The van der Waals surface area contributed by atoms with E-state index in [0.29, 0.717) is 0 Å². The Kier molecular flexibility index (Phi) is 6.08. The quantitative estimate of drug-likeness (QED) is 0.751. The summed E-state index contributed by atoms with van der Waals surface area (Å²) < 4.78 is 0. The molecular formula is C9H19ClN2O. The molecule has 3 nitrogen and oxygen atoms in total. The normalized spacial score (nSPS) is 22.7. The first-order valence-electron chi connectivity index (χ1n) is 4.79. The molecule has 0 radical (unpaired) electrons. The molecule has 1 aliphatic rings. The Hall–Kier alpha value is -0.280. The summed E-state index contributed by atoms with van der Waals surface area (Å²) in [5.74, 6) is -0.149. The van der Waals surface area contributed by atoms with Gasteiger partial charge < -0.3 is 5.73 Å². The molecule has 4 heteroatoms. The molecule has 0 aromatic heterocycles. The highest BCUT2D eigenvalue weighted by atomic mass is 35.5. The number of unbranched alkanes of at least 4 members (excludes halogenated alkanes) is 1. The van der Waals surface area contributed by atoms with Crippen LogP contribution in [-0.2, 0) is 4.79 Å². The molecule has 0 bridgehead atoms. The number of hydrogen-bond donors (Lipinski definition) is 1. The van der Waals surface area contributed by atoms with Gasteiger partial charge in [-0.2, -0.15) is 0 Å². The predicted octanol–water partition coefficient (Wildman–Crippen LogP) is 1.16. The van der Waals surface area contributed by atoms with E-state index < -0.39 is 0 Å². The summed E-state index contributed by atoms with van der Waals surface area (Å²) in [6.07, 6.45) is 4.43. The van der Waals surface area contributed by atoms with Crippen molar-refractivity contribution >= 4 is 18.3 Å². The van der Waals surface area contributed by atoms with Crippen LogP contribution in [0.2, 0.25) is 0 Å². The van der Waals surface area contributed by atoms with E-state index in [4.69, 9.17) is 5.73 Å². The third kappa shape index (κ3) is 3.53. The van der Waals surface area contributed by atoms with Crippen molar-refractivity contribution in [3.63, 3.8) is 0 Å². The van der Waals surface area contributed by atoms with E-state index in [0.717, 1.165) is 25.9 Å². The molecular weight excluding hydrogens is 188 g/mol. The highest BCUT2D eigenvalue weighted by Gasteiger charge is 2.27. The SMILES string of the molecule is CCCCN1CCC[C@H]1C(N)=O.Cl. The fourth-order valence-electron chi connectivity index (χ4n) is 1.78. The first kappa shape index (κ1) is 12.7. The minimum absolute atomic E-state index is 0. The van der Waals surface area contributed by atoms with Crippen LogP contribution in [-0.4, -0.2) is 29.9 Å². The Morgan fingerprint density at radius 2 is 2.31 bits per heavy atom. The molecule has 2 N–H and O–H groups in total. The van der Waals surface area contributed by atoms with Crippen molar-refractivity contribution in [2.24, 2.45) is 5.73 Å². The fourth-order valence-corrected chi connectivity index (χ4v) is 1.78. The number of rotatable bonds is 4. The van der Waals surface area contributed by atoms with Gasteiger partial charge in [-0.05, 0) is 32.4 Å². The van der Waals surface area contributed by atoms with Gasteiger partial charge in [-0.3, -0.25) is 9.69 Å². The zero-order chi connectivity index (χ0) is 8.97. The van der Waals surface area contributed by atoms with Crippen LogP contribution in [0.25, 0.3) is 0 Å². The van der Waals surface area contributed by atoms with Crippen LogP contribution in [0, 0.1) is 0 Å². The average molecular weight is 207 g/mol. The summed E-state index contributed by atoms with van der Waals surface area (Å²) in [6, 6.07) is 0.0246. The van der Waals surface area contributed by atoms with Gasteiger partial charge in [0.05, 0.1) is 6.04 Å². The van der Waals surface area contributed by atoms with Crippen molar-refractivity contribution in [1.82, 2.24) is 4.90 Å². The molecule has 13 heavy (non-hydrogen) atoms. The molecule has 1 atom stereocenters. The molecule has 1 aliphatic heterocycles. The van der Waals surface area contributed by atoms with Gasteiger partial charge in [0, 0.05) is 0 Å². The number of primary amides is 1. The highest BCUT2D eigenvalue weighted by molar-refractivity contribution is 5.85. The summed E-state index contributed by atoms with van der Waals surface area (Å²) >= 11 is 0. The lowest BCUT2D eigenvalue weighted by Crippen LogP contribution is -2.40. The van der Waals surface area contributed by atoms with Crippen LogP contribution in [0.3, 0.4) is 0 Å². The first-order chi connectivity index (χ1) is 5.75. The fraction of sp³-hybridized carbons (Fsp3) is 0.889. The number of amides is 1. The van der Waals surface area contributed by atoms with E-state index in [1.165, 1.54) is 12.8 Å². The summed E-state index contributed by atoms with van der Waals surface area (Å²) in [6.45, 7) is 4.24. The van der Waals surface area contributed by atoms with Crippen molar-refractivity contribution in [2.75, 3.05) is 13.1 Å². The van der Waals surface area contributed by atoms with E-state index in [1.54, 1.807) is 0 Å². The smallest absolute Gasteiger partial charge is 0.234 e. The second-order valence-corrected chi connectivity index (χ2v) is 3.45. The molecule has 1 amide bonds. The Bertz CT molecular complexity index is 164. The molecule has 0 aliphatic carbocycles. The standard InChI is InChI=1S/C9H18N2O.ClH/c1-2-3-6-11-7-4-5-8(11)9(10)12;/h8H,2-7H2,1H3,(H2,10,12);1H/t8-;/m0./s1. The average Bonchev–Trinajstić information content (AvgIpc) is 2.48. The first-order valence-corrected chi connectivity index (χ1v) is 4.79. The number of nitrogens with zero attached hydrogens (tertiary/aromatic N) is 1.